The third-order valence-corrected chi connectivity index (χ3v) is 6.08. The van der Waals surface area contributed by atoms with Crippen LogP contribution >= 0.6 is 0 Å². The Kier molecular flexibility index (Phi) is 3.46. The zero-order valence-electron chi connectivity index (χ0n) is 12.0. The first-order valence-electron chi connectivity index (χ1n) is 7.77. The van der Waals surface area contributed by atoms with Gasteiger partial charge in [0, 0.05) is 29.6 Å². The highest BCUT2D eigenvalue weighted by molar-refractivity contribution is 5.69. The molecule has 5 heteroatoms. The lowest BCUT2D eigenvalue weighted by Gasteiger charge is -2.56. The van der Waals surface area contributed by atoms with Crippen LogP contribution in [0.2, 0.25) is 0 Å². The van der Waals surface area contributed by atoms with E-state index in [0.717, 1.165) is 37.5 Å². The molecule has 112 valence electrons. The van der Waals surface area contributed by atoms with Crippen LogP contribution in [0.1, 0.15) is 51.4 Å². The maximum atomic E-state index is 11.8. The molecule has 4 bridgehead atoms. The van der Waals surface area contributed by atoms with Gasteiger partial charge in [-0.05, 0) is 50.4 Å². The van der Waals surface area contributed by atoms with Gasteiger partial charge >= 0.3 is 5.97 Å². The van der Waals surface area contributed by atoms with Crippen molar-refractivity contribution >= 4 is 5.97 Å². The van der Waals surface area contributed by atoms with Crippen molar-refractivity contribution in [3.05, 3.63) is 10.1 Å². The van der Waals surface area contributed by atoms with Crippen molar-refractivity contribution in [3.8, 4) is 0 Å². The van der Waals surface area contributed by atoms with Gasteiger partial charge in [-0.3, -0.25) is 14.9 Å². The summed E-state index contributed by atoms with van der Waals surface area (Å²) in [6.07, 6.45) is 6.86. The lowest BCUT2D eigenvalue weighted by molar-refractivity contribution is -0.605. The van der Waals surface area contributed by atoms with E-state index in [0.29, 0.717) is 19.3 Å². The highest BCUT2D eigenvalue weighted by atomic mass is 16.6. The number of esters is 1. The predicted molar refractivity (Wildman–Crippen MR) is 72.6 cm³/mol. The predicted octanol–water partition coefficient (Wildman–Crippen LogP) is 2.80. The Morgan fingerprint density at radius 3 is 2.20 bits per heavy atom. The molecule has 4 aliphatic rings. The second kappa shape index (κ2) is 5.01. The summed E-state index contributed by atoms with van der Waals surface area (Å²) >= 11 is 0. The number of ether oxygens (including phenoxy) is 1. The summed E-state index contributed by atoms with van der Waals surface area (Å²) in [7, 11) is 1.37. The molecular weight excluding hydrogens is 258 g/mol. The van der Waals surface area contributed by atoms with Gasteiger partial charge < -0.3 is 4.74 Å². The summed E-state index contributed by atoms with van der Waals surface area (Å²) in [4.78, 5) is 23.1. The van der Waals surface area contributed by atoms with E-state index in [1.165, 1.54) is 13.5 Å². The Bertz CT molecular complexity index is 392. The van der Waals surface area contributed by atoms with Crippen LogP contribution in [0.15, 0.2) is 0 Å². The topological polar surface area (TPSA) is 69.4 Å². The molecule has 0 spiro atoms. The van der Waals surface area contributed by atoms with Crippen molar-refractivity contribution < 1.29 is 14.5 Å². The molecule has 0 aromatic carbocycles. The number of nitro groups is 1. The zero-order valence-corrected chi connectivity index (χ0v) is 12.0. The van der Waals surface area contributed by atoms with Gasteiger partial charge in [0.1, 0.15) is 0 Å². The largest absolute Gasteiger partial charge is 0.469 e. The fourth-order valence-electron chi connectivity index (χ4n) is 5.42. The lowest BCUT2D eigenvalue weighted by Crippen LogP contribution is -2.61. The first kappa shape index (κ1) is 13.8. The molecule has 5 nitrogen and oxygen atoms in total. The van der Waals surface area contributed by atoms with Gasteiger partial charge in [-0.15, -0.1) is 0 Å². The number of rotatable bonds is 5. The molecule has 0 aromatic heterocycles. The summed E-state index contributed by atoms with van der Waals surface area (Å²) in [5.41, 5.74) is -0.749. The van der Waals surface area contributed by atoms with E-state index >= 15 is 0 Å². The van der Waals surface area contributed by atoms with Crippen molar-refractivity contribution in [3.63, 3.8) is 0 Å². The first-order chi connectivity index (χ1) is 9.56. The van der Waals surface area contributed by atoms with Crippen LogP contribution in [-0.2, 0) is 9.53 Å². The molecule has 0 amide bonds. The van der Waals surface area contributed by atoms with E-state index < -0.39 is 5.54 Å². The van der Waals surface area contributed by atoms with Gasteiger partial charge in [0.05, 0.1) is 7.11 Å². The Balaban J connectivity index is 1.75. The van der Waals surface area contributed by atoms with E-state index in [-0.39, 0.29) is 22.7 Å². The highest BCUT2D eigenvalue weighted by Crippen LogP contribution is 2.60. The molecule has 4 fully saturated rings. The van der Waals surface area contributed by atoms with Crippen LogP contribution in [0.3, 0.4) is 0 Å². The number of hydrogen-bond donors (Lipinski definition) is 0. The summed E-state index contributed by atoms with van der Waals surface area (Å²) < 4.78 is 4.64. The van der Waals surface area contributed by atoms with Crippen LogP contribution in [-0.4, -0.2) is 23.5 Å². The van der Waals surface area contributed by atoms with Crippen LogP contribution in [0.25, 0.3) is 0 Å². The van der Waals surface area contributed by atoms with E-state index in [1.54, 1.807) is 0 Å². The summed E-state index contributed by atoms with van der Waals surface area (Å²) in [5.74, 6) is 1.68. The molecule has 20 heavy (non-hydrogen) atoms. The molecule has 4 aliphatic carbocycles. The molecule has 0 N–H and O–H groups in total. The van der Waals surface area contributed by atoms with Gasteiger partial charge in [0.25, 0.3) is 0 Å². The summed E-state index contributed by atoms with van der Waals surface area (Å²) in [5, 5.41) is 11.8. The number of hydrogen-bond acceptors (Lipinski definition) is 4. The monoisotopic (exact) mass is 281 g/mol. The fourth-order valence-corrected chi connectivity index (χ4v) is 5.42. The van der Waals surface area contributed by atoms with Crippen LogP contribution in [0, 0.1) is 33.8 Å². The van der Waals surface area contributed by atoms with E-state index in [9.17, 15) is 14.9 Å². The Morgan fingerprint density at radius 1 is 1.20 bits per heavy atom. The average molecular weight is 281 g/mol. The van der Waals surface area contributed by atoms with E-state index in [4.69, 9.17) is 0 Å². The van der Waals surface area contributed by atoms with Gasteiger partial charge in [0.2, 0.25) is 5.54 Å². The minimum Gasteiger partial charge on any atom is -0.469 e. The molecule has 0 saturated heterocycles. The van der Waals surface area contributed by atoms with Crippen molar-refractivity contribution in [1.29, 1.82) is 0 Å². The average Bonchev–Trinajstić information content (AvgIpc) is 2.40. The minimum atomic E-state index is -0.749. The molecule has 0 heterocycles. The number of nitrogens with zero attached hydrogens (tertiary/aromatic N) is 1. The Morgan fingerprint density at radius 2 is 1.75 bits per heavy atom. The van der Waals surface area contributed by atoms with Gasteiger partial charge in [-0.2, -0.15) is 0 Å². The normalized spacial score (nSPS) is 41.6. The molecule has 0 atom stereocenters. The van der Waals surface area contributed by atoms with Gasteiger partial charge in [-0.1, -0.05) is 0 Å². The quantitative estimate of drug-likeness (QED) is 0.441. The standard InChI is InChI=1S/C15H23NO4/c1-20-14(17)3-2-4-15(16(18)19)12-6-10-5-11(8-12)9-13(15)7-10/h10-13H,2-9H2,1H3. The number of carbonyl (C=O) groups is 1. The Hall–Kier alpha value is -1.13. The van der Waals surface area contributed by atoms with Crippen molar-refractivity contribution in [2.45, 2.75) is 56.9 Å². The van der Waals surface area contributed by atoms with E-state index in [2.05, 4.69) is 4.74 Å². The van der Waals surface area contributed by atoms with Crippen molar-refractivity contribution in [2.24, 2.45) is 23.7 Å². The van der Waals surface area contributed by atoms with Gasteiger partial charge in [-0.25, -0.2) is 0 Å². The summed E-state index contributed by atoms with van der Waals surface area (Å²) in [6, 6.07) is 0. The zero-order chi connectivity index (χ0) is 14.3. The molecule has 0 radical (unpaired) electrons. The maximum Gasteiger partial charge on any atom is 0.305 e. The third-order valence-electron chi connectivity index (χ3n) is 6.08. The number of methoxy groups -OCH3 is 1. The highest BCUT2D eigenvalue weighted by Gasteiger charge is 2.64. The SMILES string of the molecule is COC(=O)CCCC1([N+](=O)[O-])C2CC3CC(C2)CC1C3. The molecule has 0 aliphatic heterocycles. The second-order valence-electron chi connectivity index (χ2n) is 6.98. The smallest absolute Gasteiger partial charge is 0.305 e. The molecular formula is C15H23NO4. The maximum absolute atomic E-state index is 11.8. The van der Waals surface area contributed by atoms with Crippen LogP contribution in [0.4, 0.5) is 0 Å². The third kappa shape index (κ3) is 2.02. The molecule has 0 unspecified atom stereocenters. The van der Waals surface area contributed by atoms with Gasteiger partial charge in [0.15, 0.2) is 0 Å². The van der Waals surface area contributed by atoms with Crippen LogP contribution in [0.5, 0.6) is 0 Å². The number of carbonyl (C=O) groups excluding carboxylic acids is 1. The fraction of sp³-hybridized carbons (Fsp3) is 0.933. The van der Waals surface area contributed by atoms with Crippen molar-refractivity contribution in [1.82, 2.24) is 0 Å². The molecule has 0 aromatic rings. The molecule has 4 rings (SSSR count). The Labute approximate surface area is 119 Å². The lowest BCUT2D eigenvalue weighted by atomic mass is 9.48. The molecule has 4 saturated carbocycles. The van der Waals surface area contributed by atoms with E-state index in [1.807, 2.05) is 0 Å². The first-order valence-corrected chi connectivity index (χ1v) is 7.77. The minimum absolute atomic E-state index is 0.0113. The van der Waals surface area contributed by atoms with Crippen LogP contribution < -0.4 is 0 Å². The second-order valence-corrected chi connectivity index (χ2v) is 6.98. The summed E-state index contributed by atoms with van der Waals surface area (Å²) in [6.45, 7) is 0. The van der Waals surface area contributed by atoms with Crippen molar-refractivity contribution in [2.75, 3.05) is 7.11 Å².